The second-order valence-corrected chi connectivity index (χ2v) is 14.9. The van der Waals surface area contributed by atoms with E-state index in [1.165, 1.54) is 38.7 Å². The lowest BCUT2D eigenvalue weighted by Crippen LogP contribution is -2.46. The Morgan fingerprint density at radius 3 is 2.09 bits per heavy atom. The summed E-state index contributed by atoms with van der Waals surface area (Å²) in [6.45, 7) is 1.99. The maximum absolute atomic E-state index is 13.9. The van der Waals surface area contributed by atoms with Crippen LogP contribution in [0.4, 0.5) is 4.39 Å². The number of H-pyrrole nitrogens is 1. The van der Waals surface area contributed by atoms with Gasteiger partial charge in [0, 0.05) is 51.4 Å². The number of amides is 3. The summed E-state index contributed by atoms with van der Waals surface area (Å²) in [4.78, 5) is 61.5. The van der Waals surface area contributed by atoms with E-state index in [2.05, 4.69) is 16.4 Å². The molecule has 2 fully saturated rings. The molecule has 0 spiro atoms. The van der Waals surface area contributed by atoms with Gasteiger partial charge in [-0.15, -0.1) is 5.10 Å². The highest BCUT2D eigenvalue weighted by Crippen LogP contribution is 2.48. The number of benzene rings is 3. The Kier molecular flexibility index (Phi) is 9.28. The van der Waals surface area contributed by atoms with Crippen molar-refractivity contribution in [2.75, 3.05) is 34.7 Å². The molecule has 4 aromatic rings. The number of nitrogens with zero attached hydrogens (tertiary/aromatic N) is 6. The van der Waals surface area contributed by atoms with E-state index in [4.69, 9.17) is 5.10 Å². The van der Waals surface area contributed by atoms with Crippen LogP contribution in [-0.2, 0) is 23.1 Å². The van der Waals surface area contributed by atoms with Crippen LogP contribution in [-0.4, -0.2) is 100 Å². The Labute approximate surface area is 307 Å². The van der Waals surface area contributed by atoms with Crippen molar-refractivity contribution >= 4 is 17.7 Å². The van der Waals surface area contributed by atoms with E-state index in [1.54, 1.807) is 45.2 Å². The molecule has 3 amide bonds. The van der Waals surface area contributed by atoms with Crippen LogP contribution in [0, 0.1) is 23.1 Å². The third kappa shape index (κ3) is 6.41. The van der Waals surface area contributed by atoms with Gasteiger partial charge in [-0.3, -0.25) is 19.4 Å². The Morgan fingerprint density at radius 1 is 0.962 bits per heavy atom. The molecule has 2 heterocycles. The van der Waals surface area contributed by atoms with Crippen molar-refractivity contribution in [1.29, 1.82) is 5.26 Å². The number of carbonyl (C=O) groups is 3. The molecule has 7 rings (SSSR count). The Bertz CT molecular complexity index is 2130. The second kappa shape index (κ2) is 13.7. The first-order valence-corrected chi connectivity index (χ1v) is 17.9. The minimum atomic E-state index is -1.15. The number of likely N-dealkylation sites (tertiary alicyclic amines) is 1. The molecule has 3 aliphatic rings. The van der Waals surface area contributed by atoms with Gasteiger partial charge in [-0.25, -0.2) is 9.18 Å². The number of nitriles is 1. The zero-order valence-electron chi connectivity index (χ0n) is 30.5. The van der Waals surface area contributed by atoms with E-state index in [0.29, 0.717) is 54.2 Å². The van der Waals surface area contributed by atoms with Gasteiger partial charge in [-0.1, -0.05) is 12.1 Å². The average Bonchev–Trinajstić information content (AvgIpc) is 3.68. The fourth-order valence-electron chi connectivity index (χ4n) is 8.29. The Balaban J connectivity index is 1.39. The molecule has 4 atom stereocenters. The van der Waals surface area contributed by atoms with E-state index in [-0.39, 0.29) is 36.3 Å². The number of piperidine rings is 1. The summed E-state index contributed by atoms with van der Waals surface area (Å²) in [5.74, 6) is -0.177. The number of aryl methyl sites for hydroxylation is 2. The molecule has 12 nitrogen and oxygen atoms in total. The van der Waals surface area contributed by atoms with Crippen molar-refractivity contribution in [3.8, 4) is 11.8 Å². The highest BCUT2D eigenvalue weighted by Gasteiger charge is 2.54. The highest BCUT2D eigenvalue weighted by atomic mass is 19.1. The normalized spacial score (nSPS) is 19.9. The van der Waals surface area contributed by atoms with Gasteiger partial charge in [0.1, 0.15) is 17.7 Å². The number of halogens is 1. The van der Waals surface area contributed by atoms with Crippen molar-refractivity contribution in [2.45, 2.75) is 62.6 Å². The van der Waals surface area contributed by atoms with Crippen LogP contribution in [0.25, 0.3) is 5.69 Å². The van der Waals surface area contributed by atoms with Gasteiger partial charge in [0.25, 0.3) is 11.8 Å². The van der Waals surface area contributed by atoms with Crippen molar-refractivity contribution < 1.29 is 18.8 Å². The fourth-order valence-corrected chi connectivity index (χ4v) is 8.29. The van der Waals surface area contributed by atoms with Gasteiger partial charge in [-0.2, -0.15) is 9.94 Å². The maximum Gasteiger partial charge on any atom is 0.348 e. The maximum atomic E-state index is 13.9. The molecule has 0 bridgehead atoms. The first kappa shape index (κ1) is 35.8. The van der Waals surface area contributed by atoms with Crippen LogP contribution in [0.15, 0.2) is 65.5 Å². The summed E-state index contributed by atoms with van der Waals surface area (Å²) >= 11 is 0. The summed E-state index contributed by atoms with van der Waals surface area (Å²) < 4.78 is 15.1. The van der Waals surface area contributed by atoms with Crippen LogP contribution in [0.2, 0.25) is 0 Å². The van der Waals surface area contributed by atoms with Gasteiger partial charge in [-0.05, 0) is 116 Å². The lowest BCUT2D eigenvalue weighted by atomic mass is 9.67. The molecule has 1 unspecified atom stereocenters. The molecule has 1 saturated carbocycles. The van der Waals surface area contributed by atoms with E-state index in [9.17, 15) is 28.8 Å². The zero-order chi connectivity index (χ0) is 37.8. The molecule has 1 saturated heterocycles. The standard InChI is InChI=1S/C40H43FN8O4/c1-23(43-22-35(50)48-31(21-42)18-28-19-34(28)48)20-40(38-44-39(53)49(45-38)30-12-10-29(41)11-13-30)32-14-8-26(36(51)46(2)3)16-24(32)6-7-25-17-27(9-15-33(25)40)37(52)47(4)5/h8-17,23,28,31,34,43H,6-7,18-20,22H2,1-5H3,(H,44,45,53)/t23-,28-,31?,34+/m1/s1. The number of fused-ring (bicyclic) bond motifs is 3. The van der Waals surface area contributed by atoms with E-state index >= 15 is 0 Å². The number of rotatable bonds is 9. The van der Waals surface area contributed by atoms with Crippen molar-refractivity contribution in [1.82, 2.24) is 34.8 Å². The Morgan fingerprint density at radius 2 is 1.55 bits per heavy atom. The third-order valence-corrected chi connectivity index (χ3v) is 10.9. The van der Waals surface area contributed by atoms with E-state index < -0.39 is 23.0 Å². The average molecular weight is 719 g/mol. The predicted molar refractivity (Wildman–Crippen MR) is 195 cm³/mol. The van der Waals surface area contributed by atoms with Gasteiger partial charge >= 0.3 is 5.69 Å². The number of aromatic amines is 1. The molecule has 274 valence electrons. The minimum Gasteiger partial charge on any atom is -0.345 e. The molecule has 13 heteroatoms. The second-order valence-electron chi connectivity index (χ2n) is 14.9. The summed E-state index contributed by atoms with van der Waals surface area (Å²) in [5, 5.41) is 18.0. The first-order valence-electron chi connectivity index (χ1n) is 17.9. The molecule has 1 aromatic heterocycles. The molecule has 53 heavy (non-hydrogen) atoms. The van der Waals surface area contributed by atoms with Crippen LogP contribution in [0.3, 0.4) is 0 Å². The topological polar surface area (TPSA) is 147 Å². The lowest BCUT2D eigenvalue weighted by Gasteiger charge is -2.37. The molecule has 2 aliphatic carbocycles. The number of carbonyl (C=O) groups excluding carboxylic acids is 3. The quantitative estimate of drug-likeness (QED) is 0.270. The third-order valence-electron chi connectivity index (χ3n) is 10.9. The van der Waals surface area contributed by atoms with Crippen LogP contribution < -0.4 is 11.0 Å². The molecule has 2 N–H and O–H groups in total. The summed E-state index contributed by atoms with van der Waals surface area (Å²) in [7, 11) is 6.79. The molecular weight excluding hydrogens is 675 g/mol. The Hall–Kier alpha value is -5.61. The predicted octanol–water partition coefficient (Wildman–Crippen LogP) is 3.42. The van der Waals surface area contributed by atoms with Crippen LogP contribution in [0.1, 0.15) is 75.0 Å². The van der Waals surface area contributed by atoms with Crippen LogP contribution >= 0.6 is 0 Å². The largest absolute Gasteiger partial charge is 0.348 e. The molecule has 3 aromatic carbocycles. The first-order chi connectivity index (χ1) is 25.3. The van der Waals surface area contributed by atoms with Crippen molar-refractivity contribution in [3.63, 3.8) is 0 Å². The number of aromatic nitrogens is 3. The van der Waals surface area contributed by atoms with Gasteiger partial charge in [0.15, 0.2) is 0 Å². The van der Waals surface area contributed by atoms with Gasteiger partial charge < -0.3 is 20.0 Å². The van der Waals surface area contributed by atoms with Gasteiger partial charge in [0.05, 0.1) is 23.7 Å². The summed E-state index contributed by atoms with van der Waals surface area (Å²) in [5.41, 5.74) is 3.12. The van der Waals surface area contributed by atoms with Crippen molar-refractivity contribution in [3.05, 3.63) is 116 Å². The number of hydrogen-bond donors (Lipinski definition) is 2. The number of nitrogens with one attached hydrogen (secondary N) is 2. The monoisotopic (exact) mass is 718 g/mol. The zero-order valence-corrected chi connectivity index (χ0v) is 30.5. The molecular formula is C40H43FN8O4. The number of hydrogen-bond acceptors (Lipinski definition) is 7. The van der Waals surface area contributed by atoms with Crippen LogP contribution in [0.5, 0.6) is 0 Å². The minimum absolute atomic E-state index is 0.0193. The smallest absolute Gasteiger partial charge is 0.345 e. The van der Waals surface area contributed by atoms with Gasteiger partial charge in [0.2, 0.25) is 5.91 Å². The molecule has 0 radical (unpaired) electrons. The summed E-state index contributed by atoms with van der Waals surface area (Å²) in [6.07, 6.45) is 3.02. The molecule has 1 aliphatic heterocycles. The summed E-state index contributed by atoms with van der Waals surface area (Å²) in [6, 6.07) is 18.3. The highest BCUT2D eigenvalue weighted by molar-refractivity contribution is 5.95. The fraction of sp³-hybridized carbons (Fsp3) is 0.400. The SMILES string of the molecule is C[C@H](CC1(c2nn(-c3ccc(F)cc3)c(=O)[nH]2)c2ccc(C(=O)N(C)C)cc2CCc2cc(C(=O)N(C)C)ccc21)NCC(=O)N1C(C#N)C[C@@H]2C[C@@H]21. The lowest BCUT2D eigenvalue weighted by molar-refractivity contribution is -0.131. The van der Waals surface area contributed by atoms with E-state index in [1.807, 2.05) is 31.2 Å². The van der Waals surface area contributed by atoms with E-state index in [0.717, 1.165) is 28.7 Å². The van der Waals surface area contributed by atoms with Crippen molar-refractivity contribution in [2.24, 2.45) is 5.92 Å².